The molecular formula is C18H16F2N2O2. The van der Waals surface area contributed by atoms with Crippen LogP contribution in [0.4, 0.5) is 8.78 Å². The van der Waals surface area contributed by atoms with Crippen LogP contribution in [0.2, 0.25) is 0 Å². The van der Waals surface area contributed by atoms with Crippen LogP contribution in [0.25, 0.3) is 22.2 Å². The van der Waals surface area contributed by atoms with Crippen molar-refractivity contribution in [1.82, 2.24) is 10.5 Å². The second-order valence-corrected chi connectivity index (χ2v) is 5.40. The molecule has 0 spiro atoms. The van der Waals surface area contributed by atoms with E-state index in [9.17, 15) is 13.6 Å². The van der Waals surface area contributed by atoms with Gasteiger partial charge in [-0.25, -0.2) is 14.3 Å². The number of amides is 1. The van der Waals surface area contributed by atoms with Crippen molar-refractivity contribution in [3.63, 3.8) is 0 Å². The number of rotatable bonds is 5. The molecule has 1 amide bonds. The van der Waals surface area contributed by atoms with Gasteiger partial charge in [-0.15, -0.1) is 0 Å². The molecule has 0 saturated carbocycles. The minimum Gasteiger partial charge on any atom is -0.354 e. The molecular weight excluding hydrogens is 314 g/mol. The van der Waals surface area contributed by atoms with E-state index in [1.807, 2.05) is 0 Å². The Labute approximate surface area is 137 Å². The number of benzene rings is 2. The minimum atomic E-state index is -0.352. The number of hydrogen-bond acceptors (Lipinski definition) is 2. The van der Waals surface area contributed by atoms with Gasteiger partial charge in [-0.05, 0) is 60.0 Å². The zero-order valence-electron chi connectivity index (χ0n) is 13.0. The third kappa shape index (κ3) is 3.28. The van der Waals surface area contributed by atoms with E-state index in [0.717, 1.165) is 22.3 Å². The predicted octanol–water partition coefficient (Wildman–Crippen LogP) is 3.72. The van der Waals surface area contributed by atoms with E-state index in [1.54, 1.807) is 18.2 Å². The maximum absolute atomic E-state index is 13.6. The van der Waals surface area contributed by atoms with Crippen molar-refractivity contribution in [2.75, 3.05) is 7.11 Å². The van der Waals surface area contributed by atoms with E-state index in [4.69, 9.17) is 0 Å². The first kappa shape index (κ1) is 16.1. The lowest BCUT2D eigenvalue weighted by atomic mass is 10.0. The number of aryl methyl sites for hydroxylation is 1. The van der Waals surface area contributed by atoms with Crippen molar-refractivity contribution in [2.45, 2.75) is 12.8 Å². The summed E-state index contributed by atoms with van der Waals surface area (Å²) in [5, 5.41) is 0.708. The standard InChI is InChI=1S/C18H16F2N2O2/c1-24-22-17(23)9-7-14-15-10-13(20)6-8-16(15)21-18(14)11-2-4-12(19)5-3-11/h2-6,8,10,21H,7,9H2,1H3,(H,22,23). The van der Waals surface area contributed by atoms with Crippen LogP contribution in [0, 0.1) is 11.6 Å². The number of carbonyl (C=O) groups excluding carboxylic acids is 1. The van der Waals surface area contributed by atoms with Crippen LogP contribution in [0.5, 0.6) is 0 Å². The molecule has 2 N–H and O–H groups in total. The maximum Gasteiger partial charge on any atom is 0.243 e. The molecule has 0 saturated heterocycles. The highest BCUT2D eigenvalue weighted by Crippen LogP contribution is 2.32. The summed E-state index contributed by atoms with van der Waals surface area (Å²) in [5.74, 6) is -0.954. The van der Waals surface area contributed by atoms with Crippen molar-refractivity contribution in [1.29, 1.82) is 0 Å². The summed E-state index contributed by atoms with van der Waals surface area (Å²) in [4.78, 5) is 19.5. The molecule has 0 aliphatic rings. The van der Waals surface area contributed by atoms with Gasteiger partial charge < -0.3 is 4.98 Å². The number of nitrogens with one attached hydrogen (secondary N) is 2. The van der Waals surface area contributed by atoms with Gasteiger partial charge >= 0.3 is 0 Å². The smallest absolute Gasteiger partial charge is 0.243 e. The van der Waals surface area contributed by atoms with Crippen molar-refractivity contribution >= 4 is 16.8 Å². The zero-order chi connectivity index (χ0) is 17.1. The number of fused-ring (bicyclic) bond motifs is 1. The summed E-state index contributed by atoms with van der Waals surface area (Å²) in [5.41, 5.74) is 5.36. The second kappa shape index (κ2) is 6.80. The Balaban J connectivity index is 2.05. The number of halogens is 2. The molecule has 124 valence electrons. The first-order chi connectivity index (χ1) is 11.6. The number of hydrogen-bond donors (Lipinski definition) is 2. The normalized spacial score (nSPS) is 11.0. The van der Waals surface area contributed by atoms with E-state index < -0.39 is 0 Å². The lowest BCUT2D eigenvalue weighted by Crippen LogP contribution is -2.21. The monoisotopic (exact) mass is 330 g/mol. The third-order valence-corrected chi connectivity index (χ3v) is 3.82. The first-order valence-electron chi connectivity index (χ1n) is 7.46. The number of H-pyrrole nitrogens is 1. The number of aromatic amines is 1. The molecule has 0 aliphatic heterocycles. The summed E-state index contributed by atoms with van der Waals surface area (Å²) >= 11 is 0. The van der Waals surface area contributed by atoms with Crippen molar-refractivity contribution < 1.29 is 18.4 Å². The molecule has 2 aromatic carbocycles. The fraction of sp³-hybridized carbons (Fsp3) is 0.167. The molecule has 0 fully saturated rings. The maximum atomic E-state index is 13.6. The van der Waals surface area contributed by atoms with Crippen molar-refractivity contribution in [3.8, 4) is 11.3 Å². The van der Waals surface area contributed by atoms with Crippen LogP contribution in [-0.2, 0) is 16.1 Å². The van der Waals surface area contributed by atoms with Gasteiger partial charge in [0.05, 0.1) is 7.11 Å². The molecule has 0 aliphatic carbocycles. The van der Waals surface area contributed by atoms with Gasteiger partial charge in [-0.2, -0.15) is 0 Å². The third-order valence-electron chi connectivity index (χ3n) is 3.82. The number of carbonyl (C=O) groups is 1. The highest BCUT2D eigenvalue weighted by molar-refractivity contribution is 5.91. The van der Waals surface area contributed by atoms with E-state index in [-0.39, 0.29) is 24.0 Å². The van der Waals surface area contributed by atoms with Crippen LogP contribution >= 0.6 is 0 Å². The summed E-state index contributed by atoms with van der Waals surface area (Å²) in [7, 11) is 1.36. The van der Waals surface area contributed by atoms with Gasteiger partial charge in [-0.3, -0.25) is 9.63 Å². The Hall–Kier alpha value is -2.73. The van der Waals surface area contributed by atoms with Crippen molar-refractivity contribution in [2.24, 2.45) is 0 Å². The van der Waals surface area contributed by atoms with Gasteiger partial charge in [0.15, 0.2) is 0 Å². The minimum absolute atomic E-state index is 0.186. The molecule has 24 heavy (non-hydrogen) atoms. The lowest BCUT2D eigenvalue weighted by Gasteiger charge is -2.06. The molecule has 0 radical (unpaired) electrons. The number of hydroxylamine groups is 1. The molecule has 3 aromatic rings. The molecule has 0 unspecified atom stereocenters. The fourth-order valence-electron chi connectivity index (χ4n) is 2.75. The van der Waals surface area contributed by atoms with Crippen LogP contribution in [0.3, 0.4) is 0 Å². The quantitative estimate of drug-likeness (QED) is 0.701. The Morgan fingerprint density at radius 3 is 2.54 bits per heavy atom. The first-order valence-corrected chi connectivity index (χ1v) is 7.46. The molecule has 0 bridgehead atoms. The van der Waals surface area contributed by atoms with Crippen LogP contribution in [0.1, 0.15) is 12.0 Å². The van der Waals surface area contributed by atoms with E-state index in [2.05, 4.69) is 15.3 Å². The predicted molar refractivity (Wildman–Crippen MR) is 87.1 cm³/mol. The largest absolute Gasteiger partial charge is 0.354 e. The van der Waals surface area contributed by atoms with Crippen LogP contribution < -0.4 is 5.48 Å². The summed E-state index contributed by atoms with van der Waals surface area (Å²) in [6, 6.07) is 10.5. The molecule has 4 nitrogen and oxygen atoms in total. The highest BCUT2D eigenvalue weighted by Gasteiger charge is 2.15. The summed E-state index contributed by atoms with van der Waals surface area (Å²) in [6.07, 6.45) is 0.580. The van der Waals surface area contributed by atoms with E-state index in [1.165, 1.54) is 31.4 Å². The lowest BCUT2D eigenvalue weighted by molar-refractivity contribution is -0.131. The Bertz CT molecular complexity index is 873. The zero-order valence-corrected chi connectivity index (χ0v) is 13.0. The molecule has 0 atom stereocenters. The average Bonchev–Trinajstić information content (AvgIpc) is 2.91. The summed E-state index contributed by atoms with van der Waals surface area (Å²) in [6.45, 7) is 0. The Morgan fingerprint density at radius 1 is 1.12 bits per heavy atom. The fourth-order valence-corrected chi connectivity index (χ4v) is 2.75. The van der Waals surface area contributed by atoms with Gasteiger partial charge in [0.1, 0.15) is 11.6 Å². The molecule has 3 rings (SSSR count). The molecule has 1 heterocycles. The Kier molecular flexibility index (Phi) is 4.57. The Morgan fingerprint density at radius 2 is 1.83 bits per heavy atom. The van der Waals surface area contributed by atoms with Crippen molar-refractivity contribution in [3.05, 3.63) is 59.7 Å². The number of aromatic nitrogens is 1. The van der Waals surface area contributed by atoms with Crippen LogP contribution in [0.15, 0.2) is 42.5 Å². The topological polar surface area (TPSA) is 54.1 Å². The van der Waals surface area contributed by atoms with Gasteiger partial charge in [0, 0.05) is 23.0 Å². The van der Waals surface area contributed by atoms with Gasteiger partial charge in [-0.1, -0.05) is 0 Å². The highest BCUT2D eigenvalue weighted by atomic mass is 19.1. The molecule has 6 heteroatoms. The van der Waals surface area contributed by atoms with Gasteiger partial charge in [0.2, 0.25) is 5.91 Å². The average molecular weight is 330 g/mol. The van der Waals surface area contributed by atoms with Crippen LogP contribution in [-0.4, -0.2) is 18.0 Å². The SMILES string of the molecule is CONC(=O)CCc1c(-c2ccc(F)cc2)[nH]c2ccc(F)cc12. The summed E-state index contributed by atoms with van der Waals surface area (Å²) < 4.78 is 26.8. The van der Waals surface area contributed by atoms with Gasteiger partial charge in [0.25, 0.3) is 0 Å². The van der Waals surface area contributed by atoms with E-state index in [0.29, 0.717) is 11.8 Å². The van der Waals surface area contributed by atoms with E-state index >= 15 is 0 Å². The second-order valence-electron chi connectivity index (χ2n) is 5.40. The molecule has 1 aromatic heterocycles.